The van der Waals surface area contributed by atoms with Gasteiger partial charge in [-0.2, -0.15) is 0 Å². The lowest BCUT2D eigenvalue weighted by atomic mass is 9.90. The summed E-state index contributed by atoms with van der Waals surface area (Å²) in [5.41, 5.74) is 3.39. The van der Waals surface area contributed by atoms with Crippen molar-refractivity contribution in [2.75, 3.05) is 6.54 Å². The Bertz CT molecular complexity index is 1310. The monoisotopic (exact) mass is 507 g/mol. The Kier molecular flexibility index (Phi) is 8.97. The van der Waals surface area contributed by atoms with Crippen LogP contribution in [0.2, 0.25) is 0 Å². The molecule has 0 aliphatic carbocycles. The molecule has 0 aliphatic rings. The van der Waals surface area contributed by atoms with E-state index in [2.05, 4.69) is 10.6 Å². The number of hydrogen-bond acceptors (Lipinski definition) is 4. The van der Waals surface area contributed by atoms with Crippen molar-refractivity contribution in [1.29, 1.82) is 0 Å². The van der Waals surface area contributed by atoms with Gasteiger partial charge in [0.15, 0.2) is 0 Å². The Morgan fingerprint density at radius 1 is 0.684 bits per heavy atom. The van der Waals surface area contributed by atoms with Crippen molar-refractivity contribution in [3.63, 3.8) is 0 Å². The van der Waals surface area contributed by atoms with Crippen LogP contribution < -0.4 is 10.6 Å². The van der Waals surface area contributed by atoms with Crippen molar-refractivity contribution < 1.29 is 14.5 Å². The van der Waals surface area contributed by atoms with Gasteiger partial charge in [0, 0.05) is 25.1 Å². The first kappa shape index (κ1) is 26.3. The molecule has 0 saturated carbocycles. The molecule has 192 valence electrons. The summed E-state index contributed by atoms with van der Waals surface area (Å²) >= 11 is 0. The molecule has 2 N–H and O–H groups in total. The van der Waals surface area contributed by atoms with Crippen LogP contribution in [0.4, 0.5) is 5.69 Å². The normalized spacial score (nSPS) is 11.5. The van der Waals surface area contributed by atoms with Crippen molar-refractivity contribution in [1.82, 2.24) is 10.6 Å². The van der Waals surface area contributed by atoms with E-state index in [0.29, 0.717) is 18.5 Å². The van der Waals surface area contributed by atoms with E-state index >= 15 is 0 Å². The van der Waals surface area contributed by atoms with E-state index < -0.39 is 16.9 Å². The Hall–Kier alpha value is -4.78. The van der Waals surface area contributed by atoms with E-state index in [1.807, 2.05) is 91.0 Å². The van der Waals surface area contributed by atoms with Gasteiger partial charge in [-0.05, 0) is 28.7 Å². The molecule has 0 unspecified atom stereocenters. The largest absolute Gasteiger partial charge is 0.354 e. The zero-order valence-electron chi connectivity index (χ0n) is 20.8. The van der Waals surface area contributed by atoms with Gasteiger partial charge in [0.25, 0.3) is 5.69 Å². The molecule has 1 atom stereocenters. The Labute approximate surface area is 221 Å². The van der Waals surface area contributed by atoms with Gasteiger partial charge in [-0.3, -0.25) is 19.7 Å². The smallest absolute Gasteiger partial charge is 0.269 e. The molecule has 4 rings (SSSR count). The van der Waals surface area contributed by atoms with Gasteiger partial charge in [0.1, 0.15) is 6.04 Å². The number of nitrogens with one attached hydrogen (secondary N) is 2. The highest BCUT2D eigenvalue weighted by atomic mass is 16.6. The second-order valence-corrected chi connectivity index (χ2v) is 8.97. The number of hydrogen-bond donors (Lipinski definition) is 2. The first-order valence-corrected chi connectivity index (χ1v) is 12.5. The molecule has 2 amide bonds. The summed E-state index contributed by atoms with van der Waals surface area (Å²) in [6, 6.07) is 33.8. The lowest BCUT2D eigenvalue weighted by Gasteiger charge is -2.23. The van der Waals surface area contributed by atoms with E-state index in [1.54, 1.807) is 12.1 Å². The number of nitro benzene ring substituents is 1. The summed E-state index contributed by atoms with van der Waals surface area (Å²) < 4.78 is 0. The quantitative estimate of drug-likeness (QED) is 0.225. The number of nitro groups is 1. The van der Waals surface area contributed by atoms with Gasteiger partial charge in [-0.25, -0.2) is 0 Å². The van der Waals surface area contributed by atoms with Gasteiger partial charge < -0.3 is 10.6 Å². The van der Waals surface area contributed by atoms with Crippen LogP contribution >= 0.6 is 0 Å². The van der Waals surface area contributed by atoms with E-state index in [9.17, 15) is 19.7 Å². The number of amides is 2. The number of rotatable bonds is 11. The molecule has 0 aliphatic heterocycles. The Balaban J connectivity index is 1.55. The molecule has 4 aromatic carbocycles. The molecular weight excluding hydrogens is 478 g/mol. The second-order valence-electron chi connectivity index (χ2n) is 8.97. The molecular formula is C31H29N3O4. The van der Waals surface area contributed by atoms with Gasteiger partial charge in [-0.15, -0.1) is 0 Å². The average Bonchev–Trinajstić information content (AvgIpc) is 2.95. The molecule has 0 heterocycles. The Morgan fingerprint density at radius 3 is 1.74 bits per heavy atom. The third kappa shape index (κ3) is 7.13. The van der Waals surface area contributed by atoms with E-state index in [4.69, 9.17) is 0 Å². The molecule has 0 fully saturated rings. The van der Waals surface area contributed by atoms with Gasteiger partial charge in [-0.1, -0.05) is 103 Å². The molecule has 38 heavy (non-hydrogen) atoms. The highest BCUT2D eigenvalue weighted by Gasteiger charge is 2.28. The highest BCUT2D eigenvalue weighted by Crippen LogP contribution is 2.25. The lowest BCUT2D eigenvalue weighted by molar-refractivity contribution is -0.384. The first-order chi connectivity index (χ1) is 18.5. The highest BCUT2D eigenvalue weighted by molar-refractivity contribution is 5.92. The molecule has 0 saturated heterocycles. The van der Waals surface area contributed by atoms with E-state index in [1.165, 1.54) is 12.1 Å². The predicted molar refractivity (Wildman–Crippen MR) is 147 cm³/mol. The molecule has 7 heteroatoms. The van der Waals surface area contributed by atoms with Gasteiger partial charge >= 0.3 is 0 Å². The maximum atomic E-state index is 13.7. The molecule has 0 aromatic heterocycles. The summed E-state index contributed by atoms with van der Waals surface area (Å²) in [6.07, 6.45) is 0.846. The van der Waals surface area contributed by atoms with Crippen LogP contribution in [0, 0.1) is 10.1 Å². The SMILES string of the molecule is O=C(N[C@@H](Cc1ccc([N+](=O)[O-])cc1)C(=O)NCCc1ccccc1)C(c1ccccc1)c1ccccc1. The number of benzene rings is 4. The molecule has 4 aromatic rings. The molecule has 7 nitrogen and oxygen atoms in total. The molecule has 0 spiro atoms. The van der Waals surface area contributed by atoms with Crippen LogP contribution in [0.25, 0.3) is 0 Å². The number of non-ortho nitro benzene ring substituents is 1. The summed E-state index contributed by atoms with van der Waals surface area (Å²) in [5.74, 6) is -1.21. The summed E-state index contributed by atoms with van der Waals surface area (Å²) in [6.45, 7) is 0.413. The lowest BCUT2D eigenvalue weighted by Crippen LogP contribution is -2.49. The van der Waals surface area contributed by atoms with Crippen LogP contribution in [0.5, 0.6) is 0 Å². The van der Waals surface area contributed by atoms with Crippen molar-refractivity contribution in [2.24, 2.45) is 0 Å². The summed E-state index contributed by atoms with van der Waals surface area (Å²) in [4.78, 5) is 37.6. The van der Waals surface area contributed by atoms with Crippen molar-refractivity contribution in [3.05, 3.63) is 148 Å². The van der Waals surface area contributed by atoms with Crippen LogP contribution in [-0.2, 0) is 22.4 Å². The zero-order chi connectivity index (χ0) is 26.7. The standard InChI is InChI=1S/C31H29N3O4/c35-30(32-21-20-23-10-4-1-5-11-23)28(22-24-16-18-27(19-17-24)34(37)38)33-31(36)29(25-12-6-2-7-13-25)26-14-8-3-9-15-26/h1-19,28-29H,20-22H2,(H,32,35)(H,33,36)/t28-/m0/s1. The van der Waals surface area contributed by atoms with Gasteiger partial charge in [0.2, 0.25) is 11.8 Å². The third-order valence-electron chi connectivity index (χ3n) is 6.30. The summed E-state index contributed by atoms with van der Waals surface area (Å²) in [7, 11) is 0. The van der Waals surface area contributed by atoms with Crippen LogP contribution in [0.1, 0.15) is 28.2 Å². The Morgan fingerprint density at radius 2 is 1.21 bits per heavy atom. The number of carbonyl (C=O) groups is 2. The van der Waals surface area contributed by atoms with E-state index in [-0.39, 0.29) is 23.9 Å². The molecule has 0 radical (unpaired) electrons. The van der Waals surface area contributed by atoms with Crippen molar-refractivity contribution >= 4 is 17.5 Å². The second kappa shape index (κ2) is 13.0. The fraction of sp³-hybridized carbons (Fsp3) is 0.161. The fourth-order valence-electron chi connectivity index (χ4n) is 4.34. The van der Waals surface area contributed by atoms with Crippen LogP contribution in [0.3, 0.4) is 0 Å². The minimum absolute atomic E-state index is 0.0325. The topological polar surface area (TPSA) is 101 Å². The van der Waals surface area contributed by atoms with Crippen LogP contribution in [0.15, 0.2) is 115 Å². The van der Waals surface area contributed by atoms with Gasteiger partial charge in [0.05, 0.1) is 10.8 Å². The zero-order valence-corrected chi connectivity index (χ0v) is 20.8. The number of carbonyl (C=O) groups excluding carboxylic acids is 2. The average molecular weight is 508 g/mol. The molecule has 0 bridgehead atoms. The van der Waals surface area contributed by atoms with Crippen LogP contribution in [-0.4, -0.2) is 29.3 Å². The van der Waals surface area contributed by atoms with Crippen molar-refractivity contribution in [3.8, 4) is 0 Å². The maximum absolute atomic E-state index is 13.7. The third-order valence-corrected chi connectivity index (χ3v) is 6.30. The fourth-order valence-corrected chi connectivity index (χ4v) is 4.34. The minimum atomic E-state index is -0.866. The first-order valence-electron chi connectivity index (χ1n) is 12.5. The van der Waals surface area contributed by atoms with E-state index in [0.717, 1.165) is 16.7 Å². The summed E-state index contributed by atoms with van der Waals surface area (Å²) in [5, 5.41) is 17.0. The number of nitrogens with zero attached hydrogens (tertiary/aromatic N) is 1. The minimum Gasteiger partial charge on any atom is -0.354 e. The maximum Gasteiger partial charge on any atom is 0.269 e. The predicted octanol–water partition coefficient (Wildman–Crippen LogP) is 4.81. The van der Waals surface area contributed by atoms with Crippen molar-refractivity contribution in [2.45, 2.75) is 24.8 Å².